The van der Waals surface area contributed by atoms with Crippen LogP contribution in [-0.4, -0.2) is 26.5 Å². The molecule has 6 heteroatoms. The Morgan fingerprint density at radius 1 is 1.39 bits per heavy atom. The standard InChI is InChI=1S/C12H11N3O3/c1-15-7-13-6-10(15)11(16)14-9-4-2-3-8(5-9)12(17)18/h2-7H,1H3,(H,14,16)(H,17,18). The molecular weight excluding hydrogens is 234 g/mol. The molecule has 6 nitrogen and oxygen atoms in total. The van der Waals surface area contributed by atoms with Crippen molar-refractivity contribution in [3.8, 4) is 0 Å². The molecule has 0 unspecified atom stereocenters. The molecule has 2 rings (SSSR count). The van der Waals surface area contributed by atoms with Crippen LogP contribution in [0, 0.1) is 0 Å². The Kier molecular flexibility index (Phi) is 3.09. The molecule has 0 spiro atoms. The molecule has 0 bridgehead atoms. The number of carbonyl (C=O) groups is 2. The summed E-state index contributed by atoms with van der Waals surface area (Å²) in [6.07, 6.45) is 2.96. The zero-order valence-electron chi connectivity index (χ0n) is 9.62. The van der Waals surface area contributed by atoms with Gasteiger partial charge in [-0.25, -0.2) is 9.78 Å². The number of aryl methyl sites for hydroxylation is 1. The van der Waals surface area contributed by atoms with E-state index in [0.29, 0.717) is 11.4 Å². The molecule has 1 heterocycles. The second kappa shape index (κ2) is 4.70. The topological polar surface area (TPSA) is 84.2 Å². The number of imidazole rings is 1. The molecule has 0 aliphatic heterocycles. The summed E-state index contributed by atoms with van der Waals surface area (Å²) >= 11 is 0. The fourth-order valence-electron chi connectivity index (χ4n) is 1.50. The van der Waals surface area contributed by atoms with E-state index in [-0.39, 0.29) is 11.5 Å². The number of hydrogen-bond acceptors (Lipinski definition) is 3. The Morgan fingerprint density at radius 3 is 2.78 bits per heavy atom. The first kappa shape index (κ1) is 11.8. The number of amides is 1. The minimum atomic E-state index is -1.04. The number of nitrogens with zero attached hydrogens (tertiary/aromatic N) is 2. The number of aromatic nitrogens is 2. The average Bonchev–Trinajstić information content (AvgIpc) is 2.76. The first-order valence-electron chi connectivity index (χ1n) is 5.19. The normalized spacial score (nSPS) is 10.1. The highest BCUT2D eigenvalue weighted by molar-refractivity contribution is 6.03. The van der Waals surface area contributed by atoms with Crippen LogP contribution in [0.1, 0.15) is 20.8 Å². The van der Waals surface area contributed by atoms with Gasteiger partial charge in [0, 0.05) is 12.7 Å². The number of aromatic carboxylic acids is 1. The lowest BCUT2D eigenvalue weighted by Crippen LogP contribution is -2.15. The number of hydrogen-bond donors (Lipinski definition) is 2. The second-order valence-corrected chi connectivity index (χ2v) is 3.73. The van der Waals surface area contributed by atoms with E-state index in [4.69, 9.17) is 5.11 Å². The third kappa shape index (κ3) is 2.37. The zero-order chi connectivity index (χ0) is 13.1. The number of carboxylic acid groups (broad SMARTS) is 1. The van der Waals surface area contributed by atoms with Gasteiger partial charge in [0.2, 0.25) is 0 Å². The van der Waals surface area contributed by atoms with E-state index in [1.54, 1.807) is 23.7 Å². The molecule has 1 aromatic heterocycles. The van der Waals surface area contributed by atoms with Gasteiger partial charge in [0.25, 0.3) is 5.91 Å². The number of rotatable bonds is 3. The van der Waals surface area contributed by atoms with Crippen molar-refractivity contribution in [1.82, 2.24) is 9.55 Å². The fourth-order valence-corrected chi connectivity index (χ4v) is 1.50. The van der Waals surface area contributed by atoms with Crippen LogP contribution in [-0.2, 0) is 7.05 Å². The largest absolute Gasteiger partial charge is 0.478 e. The minimum Gasteiger partial charge on any atom is -0.478 e. The molecule has 1 amide bonds. The van der Waals surface area contributed by atoms with E-state index >= 15 is 0 Å². The van der Waals surface area contributed by atoms with E-state index in [1.807, 2.05) is 0 Å². The molecule has 0 saturated heterocycles. The number of anilines is 1. The molecule has 0 aliphatic carbocycles. The number of benzene rings is 1. The van der Waals surface area contributed by atoms with Crippen LogP contribution >= 0.6 is 0 Å². The van der Waals surface area contributed by atoms with E-state index in [1.165, 1.54) is 24.7 Å². The summed E-state index contributed by atoms with van der Waals surface area (Å²) in [4.78, 5) is 26.5. The highest BCUT2D eigenvalue weighted by atomic mass is 16.4. The SMILES string of the molecule is Cn1cncc1C(=O)Nc1cccc(C(=O)O)c1. The van der Waals surface area contributed by atoms with Crippen LogP contribution < -0.4 is 5.32 Å². The Morgan fingerprint density at radius 2 is 2.17 bits per heavy atom. The second-order valence-electron chi connectivity index (χ2n) is 3.73. The summed E-state index contributed by atoms with van der Waals surface area (Å²) in [5.74, 6) is -1.37. The maximum absolute atomic E-state index is 11.9. The first-order chi connectivity index (χ1) is 8.58. The van der Waals surface area contributed by atoms with Crippen molar-refractivity contribution >= 4 is 17.6 Å². The van der Waals surface area contributed by atoms with E-state index in [9.17, 15) is 9.59 Å². The molecule has 18 heavy (non-hydrogen) atoms. The quantitative estimate of drug-likeness (QED) is 0.855. The van der Waals surface area contributed by atoms with Gasteiger partial charge in [0.1, 0.15) is 5.69 Å². The van der Waals surface area contributed by atoms with Crippen LogP contribution in [0.3, 0.4) is 0 Å². The van der Waals surface area contributed by atoms with Crippen LogP contribution in [0.5, 0.6) is 0 Å². The number of carboxylic acids is 1. The summed E-state index contributed by atoms with van der Waals surface area (Å²) in [6, 6.07) is 6.06. The van der Waals surface area contributed by atoms with Gasteiger partial charge in [-0.15, -0.1) is 0 Å². The predicted molar refractivity (Wildman–Crippen MR) is 64.6 cm³/mol. The smallest absolute Gasteiger partial charge is 0.335 e. The van der Waals surface area contributed by atoms with Crippen LogP contribution in [0.15, 0.2) is 36.8 Å². The van der Waals surface area contributed by atoms with Crippen molar-refractivity contribution in [2.45, 2.75) is 0 Å². The summed E-state index contributed by atoms with van der Waals surface area (Å²) in [5, 5.41) is 11.5. The van der Waals surface area contributed by atoms with Gasteiger partial charge in [-0.1, -0.05) is 6.07 Å². The molecule has 0 radical (unpaired) electrons. The maximum Gasteiger partial charge on any atom is 0.335 e. The Balaban J connectivity index is 2.20. The average molecular weight is 245 g/mol. The summed E-state index contributed by atoms with van der Waals surface area (Å²) in [6.45, 7) is 0. The fraction of sp³-hybridized carbons (Fsp3) is 0.0833. The van der Waals surface area contributed by atoms with Gasteiger partial charge < -0.3 is 15.0 Å². The lowest BCUT2D eigenvalue weighted by atomic mass is 10.2. The molecular formula is C12H11N3O3. The third-order valence-electron chi connectivity index (χ3n) is 2.42. The molecule has 92 valence electrons. The van der Waals surface area contributed by atoms with Gasteiger partial charge in [-0.2, -0.15) is 0 Å². The highest BCUT2D eigenvalue weighted by Gasteiger charge is 2.11. The monoisotopic (exact) mass is 245 g/mol. The molecule has 0 aliphatic rings. The van der Waals surface area contributed by atoms with E-state index in [0.717, 1.165) is 0 Å². The van der Waals surface area contributed by atoms with Gasteiger partial charge in [-0.05, 0) is 18.2 Å². The van der Waals surface area contributed by atoms with Gasteiger partial charge in [-0.3, -0.25) is 4.79 Å². The highest BCUT2D eigenvalue weighted by Crippen LogP contribution is 2.12. The zero-order valence-corrected chi connectivity index (χ0v) is 9.62. The van der Waals surface area contributed by atoms with Crippen molar-refractivity contribution in [3.05, 3.63) is 48.0 Å². The van der Waals surface area contributed by atoms with Gasteiger partial charge in [0.05, 0.1) is 18.1 Å². The predicted octanol–water partition coefficient (Wildman–Crippen LogP) is 1.37. The molecule has 0 atom stereocenters. The Bertz CT molecular complexity index is 604. The summed E-state index contributed by atoms with van der Waals surface area (Å²) in [5.41, 5.74) is 0.953. The van der Waals surface area contributed by atoms with Crippen LogP contribution in [0.4, 0.5) is 5.69 Å². The van der Waals surface area contributed by atoms with Crippen LogP contribution in [0.25, 0.3) is 0 Å². The summed E-state index contributed by atoms with van der Waals surface area (Å²) in [7, 11) is 1.70. The summed E-state index contributed by atoms with van der Waals surface area (Å²) < 4.78 is 1.58. The van der Waals surface area contributed by atoms with Crippen molar-refractivity contribution in [2.24, 2.45) is 7.05 Å². The molecule has 0 saturated carbocycles. The lowest BCUT2D eigenvalue weighted by Gasteiger charge is -2.06. The maximum atomic E-state index is 11.9. The van der Waals surface area contributed by atoms with E-state index < -0.39 is 5.97 Å². The van der Waals surface area contributed by atoms with Crippen molar-refractivity contribution in [2.75, 3.05) is 5.32 Å². The molecule has 2 N–H and O–H groups in total. The third-order valence-corrected chi connectivity index (χ3v) is 2.42. The minimum absolute atomic E-state index is 0.123. The van der Waals surface area contributed by atoms with Crippen LogP contribution in [0.2, 0.25) is 0 Å². The molecule has 1 aromatic carbocycles. The number of carbonyl (C=O) groups excluding carboxylic acids is 1. The molecule has 2 aromatic rings. The number of nitrogens with one attached hydrogen (secondary N) is 1. The first-order valence-corrected chi connectivity index (χ1v) is 5.19. The van der Waals surface area contributed by atoms with E-state index in [2.05, 4.69) is 10.3 Å². The van der Waals surface area contributed by atoms with Crippen molar-refractivity contribution < 1.29 is 14.7 Å². The van der Waals surface area contributed by atoms with Crippen molar-refractivity contribution in [3.63, 3.8) is 0 Å². The molecule has 0 fully saturated rings. The van der Waals surface area contributed by atoms with Gasteiger partial charge in [0.15, 0.2) is 0 Å². The Hall–Kier alpha value is -2.63. The van der Waals surface area contributed by atoms with Gasteiger partial charge >= 0.3 is 5.97 Å². The Labute approximate surface area is 103 Å². The lowest BCUT2D eigenvalue weighted by molar-refractivity contribution is 0.0696. The van der Waals surface area contributed by atoms with Crippen molar-refractivity contribution in [1.29, 1.82) is 0 Å².